The molecule has 2 rings (SSSR count). The highest BCUT2D eigenvalue weighted by Crippen LogP contribution is 2.30. The number of hydrogen-bond acceptors (Lipinski definition) is 3. The summed E-state index contributed by atoms with van der Waals surface area (Å²) in [5.41, 5.74) is 2.53. The standard InChI is InChI=1S/C20H34N4O/c1-15-6-9-17(18(12-15)25-14-16-7-8-16)13-23-19(21-5)22-10-11-24-20(2,3)4/h6,9,12,16,24H,7-8,10-11,13-14H2,1-5H3,(H2,21,22,23). The van der Waals surface area contributed by atoms with Crippen molar-refractivity contribution in [3.63, 3.8) is 0 Å². The lowest BCUT2D eigenvalue weighted by Crippen LogP contribution is -2.44. The molecule has 1 fully saturated rings. The van der Waals surface area contributed by atoms with Crippen molar-refractivity contribution >= 4 is 5.96 Å². The molecule has 0 bridgehead atoms. The van der Waals surface area contributed by atoms with Crippen LogP contribution in [0.2, 0.25) is 0 Å². The predicted octanol–water partition coefficient (Wildman–Crippen LogP) is 2.84. The number of guanidine groups is 1. The van der Waals surface area contributed by atoms with Gasteiger partial charge in [-0.05, 0) is 58.1 Å². The second kappa shape index (κ2) is 9.09. The summed E-state index contributed by atoms with van der Waals surface area (Å²) >= 11 is 0. The second-order valence-electron chi connectivity index (χ2n) is 7.89. The van der Waals surface area contributed by atoms with Crippen LogP contribution in [0, 0.1) is 12.8 Å². The quantitative estimate of drug-likeness (QED) is 0.385. The van der Waals surface area contributed by atoms with E-state index < -0.39 is 0 Å². The number of nitrogens with zero attached hydrogens (tertiary/aromatic N) is 1. The molecule has 1 aliphatic carbocycles. The third-order valence-corrected chi connectivity index (χ3v) is 4.14. The van der Waals surface area contributed by atoms with Crippen molar-refractivity contribution in [1.82, 2.24) is 16.0 Å². The molecule has 140 valence electrons. The normalized spacial score (nSPS) is 15.2. The molecule has 1 aromatic rings. The Balaban J connectivity index is 1.81. The second-order valence-corrected chi connectivity index (χ2v) is 7.89. The summed E-state index contributed by atoms with van der Waals surface area (Å²) in [5, 5.41) is 10.2. The van der Waals surface area contributed by atoms with Crippen LogP contribution in [0.5, 0.6) is 5.75 Å². The molecule has 0 amide bonds. The highest BCUT2D eigenvalue weighted by Gasteiger charge is 2.22. The average molecular weight is 347 g/mol. The zero-order valence-corrected chi connectivity index (χ0v) is 16.4. The molecule has 1 saturated carbocycles. The first-order chi connectivity index (χ1) is 11.9. The van der Waals surface area contributed by atoms with Crippen molar-refractivity contribution in [1.29, 1.82) is 0 Å². The number of hydrogen-bond donors (Lipinski definition) is 3. The van der Waals surface area contributed by atoms with Gasteiger partial charge in [-0.3, -0.25) is 4.99 Å². The Bertz CT molecular complexity index is 574. The molecular formula is C20H34N4O. The SMILES string of the molecule is CN=C(NCCNC(C)(C)C)NCc1ccc(C)cc1OCC1CC1. The van der Waals surface area contributed by atoms with E-state index in [-0.39, 0.29) is 5.54 Å². The van der Waals surface area contributed by atoms with Crippen LogP contribution in [0.3, 0.4) is 0 Å². The summed E-state index contributed by atoms with van der Waals surface area (Å²) in [7, 11) is 1.80. The molecule has 0 atom stereocenters. The summed E-state index contributed by atoms with van der Waals surface area (Å²) in [5.74, 6) is 2.56. The van der Waals surface area contributed by atoms with Gasteiger partial charge in [0, 0.05) is 37.8 Å². The van der Waals surface area contributed by atoms with Gasteiger partial charge in [-0.25, -0.2) is 0 Å². The first kappa shape index (κ1) is 19.6. The Labute approximate surface area is 152 Å². The van der Waals surface area contributed by atoms with Crippen molar-refractivity contribution in [3.8, 4) is 5.75 Å². The summed E-state index contributed by atoms with van der Waals surface area (Å²) < 4.78 is 6.03. The van der Waals surface area contributed by atoms with Gasteiger partial charge in [-0.1, -0.05) is 12.1 Å². The monoisotopic (exact) mass is 346 g/mol. The van der Waals surface area contributed by atoms with Crippen LogP contribution >= 0.6 is 0 Å². The smallest absolute Gasteiger partial charge is 0.191 e. The molecule has 0 aromatic heterocycles. The maximum Gasteiger partial charge on any atom is 0.191 e. The fourth-order valence-electron chi connectivity index (χ4n) is 2.45. The lowest BCUT2D eigenvalue weighted by atomic mass is 10.1. The summed E-state index contributed by atoms with van der Waals surface area (Å²) in [6.07, 6.45) is 2.61. The van der Waals surface area contributed by atoms with E-state index in [1.54, 1.807) is 7.05 Å². The molecule has 0 spiro atoms. The minimum absolute atomic E-state index is 0.133. The zero-order valence-electron chi connectivity index (χ0n) is 16.4. The largest absolute Gasteiger partial charge is 0.493 e. The van der Waals surface area contributed by atoms with E-state index in [2.05, 4.69) is 66.8 Å². The molecule has 0 unspecified atom stereocenters. The molecule has 0 heterocycles. The molecule has 5 nitrogen and oxygen atoms in total. The van der Waals surface area contributed by atoms with Crippen LogP contribution in [-0.2, 0) is 6.54 Å². The van der Waals surface area contributed by atoms with Crippen LogP contribution in [0.25, 0.3) is 0 Å². The minimum atomic E-state index is 0.133. The highest BCUT2D eigenvalue weighted by atomic mass is 16.5. The van der Waals surface area contributed by atoms with Gasteiger partial charge >= 0.3 is 0 Å². The molecule has 1 aromatic carbocycles. The number of ether oxygens (including phenoxy) is 1. The topological polar surface area (TPSA) is 57.7 Å². The molecule has 0 aliphatic heterocycles. The third kappa shape index (κ3) is 7.78. The van der Waals surface area contributed by atoms with E-state index in [0.29, 0.717) is 6.54 Å². The van der Waals surface area contributed by atoms with E-state index in [1.807, 2.05) is 0 Å². The van der Waals surface area contributed by atoms with Gasteiger partial charge in [0.2, 0.25) is 0 Å². The van der Waals surface area contributed by atoms with E-state index in [1.165, 1.54) is 24.0 Å². The number of aryl methyl sites for hydroxylation is 1. The Morgan fingerprint density at radius 3 is 2.60 bits per heavy atom. The first-order valence-electron chi connectivity index (χ1n) is 9.29. The minimum Gasteiger partial charge on any atom is -0.493 e. The van der Waals surface area contributed by atoms with Gasteiger partial charge in [0.1, 0.15) is 5.75 Å². The lowest BCUT2D eigenvalue weighted by molar-refractivity contribution is 0.296. The number of rotatable bonds is 8. The van der Waals surface area contributed by atoms with E-state index in [9.17, 15) is 0 Å². The van der Waals surface area contributed by atoms with Crippen molar-refractivity contribution < 1.29 is 4.74 Å². The molecule has 0 saturated heterocycles. The average Bonchev–Trinajstić information content (AvgIpc) is 3.37. The van der Waals surface area contributed by atoms with Crippen molar-refractivity contribution in [3.05, 3.63) is 29.3 Å². The Morgan fingerprint density at radius 1 is 1.20 bits per heavy atom. The molecule has 25 heavy (non-hydrogen) atoms. The van der Waals surface area contributed by atoms with Crippen LogP contribution < -0.4 is 20.7 Å². The van der Waals surface area contributed by atoms with Gasteiger partial charge < -0.3 is 20.7 Å². The summed E-state index contributed by atoms with van der Waals surface area (Å²) in [6, 6.07) is 6.40. The fraction of sp³-hybridized carbons (Fsp3) is 0.650. The molecule has 1 aliphatic rings. The van der Waals surface area contributed by atoms with Gasteiger partial charge in [-0.15, -0.1) is 0 Å². The predicted molar refractivity (Wildman–Crippen MR) is 105 cm³/mol. The maximum atomic E-state index is 6.03. The van der Waals surface area contributed by atoms with Crippen LogP contribution in [0.15, 0.2) is 23.2 Å². The maximum absolute atomic E-state index is 6.03. The Hall–Kier alpha value is -1.75. The fourth-order valence-corrected chi connectivity index (χ4v) is 2.45. The van der Waals surface area contributed by atoms with Gasteiger partial charge in [-0.2, -0.15) is 0 Å². The van der Waals surface area contributed by atoms with E-state index in [4.69, 9.17) is 4.74 Å². The van der Waals surface area contributed by atoms with Crippen LogP contribution in [-0.4, -0.2) is 38.2 Å². The first-order valence-corrected chi connectivity index (χ1v) is 9.29. The zero-order chi connectivity index (χ0) is 18.3. The molecular weight excluding hydrogens is 312 g/mol. The number of nitrogens with one attached hydrogen (secondary N) is 3. The van der Waals surface area contributed by atoms with E-state index in [0.717, 1.165) is 37.3 Å². The third-order valence-electron chi connectivity index (χ3n) is 4.14. The van der Waals surface area contributed by atoms with E-state index >= 15 is 0 Å². The number of benzene rings is 1. The lowest BCUT2D eigenvalue weighted by Gasteiger charge is -2.21. The molecule has 3 N–H and O–H groups in total. The highest BCUT2D eigenvalue weighted by molar-refractivity contribution is 5.79. The van der Waals surface area contributed by atoms with Crippen LogP contribution in [0.4, 0.5) is 0 Å². The van der Waals surface area contributed by atoms with Crippen LogP contribution in [0.1, 0.15) is 44.7 Å². The van der Waals surface area contributed by atoms with Crippen molar-refractivity contribution in [2.45, 2.75) is 52.6 Å². The van der Waals surface area contributed by atoms with Crippen molar-refractivity contribution in [2.24, 2.45) is 10.9 Å². The van der Waals surface area contributed by atoms with Crippen molar-refractivity contribution in [2.75, 3.05) is 26.7 Å². The molecule has 5 heteroatoms. The Kier molecular flexibility index (Phi) is 7.12. The Morgan fingerprint density at radius 2 is 1.96 bits per heavy atom. The molecule has 0 radical (unpaired) electrons. The van der Waals surface area contributed by atoms with Gasteiger partial charge in [0.05, 0.1) is 6.61 Å². The number of aliphatic imine (C=N–C) groups is 1. The van der Waals surface area contributed by atoms with Gasteiger partial charge in [0.25, 0.3) is 0 Å². The summed E-state index contributed by atoms with van der Waals surface area (Å²) in [6.45, 7) is 11.9. The summed E-state index contributed by atoms with van der Waals surface area (Å²) in [4.78, 5) is 4.29. The van der Waals surface area contributed by atoms with Gasteiger partial charge in [0.15, 0.2) is 5.96 Å².